The number of phenolic OH excluding ortho intramolecular Hbond substituents is 1. The molecule has 0 spiro atoms. The lowest BCUT2D eigenvalue weighted by molar-refractivity contribution is 0.326. The highest BCUT2D eigenvalue weighted by molar-refractivity contribution is 7.80. The zero-order valence-corrected chi connectivity index (χ0v) is 16.9. The van der Waals surface area contributed by atoms with Gasteiger partial charge in [-0.3, -0.25) is 0 Å². The molecule has 3 N–H and O–H groups in total. The number of phenols is 1. The van der Waals surface area contributed by atoms with Crippen molar-refractivity contribution < 1.29 is 14.6 Å². The van der Waals surface area contributed by atoms with Crippen LogP contribution >= 0.6 is 12.2 Å². The van der Waals surface area contributed by atoms with E-state index in [9.17, 15) is 5.11 Å². The molecule has 1 heterocycles. The molecule has 29 heavy (non-hydrogen) atoms. The lowest BCUT2D eigenvalue weighted by atomic mass is 9.95. The Labute approximate surface area is 174 Å². The number of aromatic hydroxyl groups is 1. The first kappa shape index (κ1) is 19.0. The smallest absolute Gasteiger partial charge is 0.187 e. The summed E-state index contributed by atoms with van der Waals surface area (Å²) in [5.41, 5.74) is 8.20. The quantitative estimate of drug-likeness (QED) is 0.638. The van der Waals surface area contributed by atoms with E-state index in [2.05, 4.69) is 5.10 Å². The number of hydrogen-bond acceptors (Lipinski definition) is 5. The molecule has 148 valence electrons. The Morgan fingerprint density at radius 1 is 1.10 bits per heavy atom. The van der Waals surface area contributed by atoms with Gasteiger partial charge in [-0.2, -0.15) is 5.10 Å². The number of para-hydroxylation sites is 1. The molecule has 7 heteroatoms. The fraction of sp³-hybridized carbons (Fsp3) is 0.182. The topological polar surface area (TPSA) is 80.3 Å². The van der Waals surface area contributed by atoms with E-state index in [0.717, 1.165) is 16.3 Å². The number of rotatable bonds is 4. The van der Waals surface area contributed by atoms with Crippen LogP contribution in [0.4, 0.5) is 0 Å². The molecular formula is C22H21N3O3S. The molecule has 1 atom stereocenters. The van der Waals surface area contributed by atoms with Gasteiger partial charge in [0, 0.05) is 22.9 Å². The molecule has 3 aromatic rings. The van der Waals surface area contributed by atoms with Crippen LogP contribution in [-0.4, -0.2) is 35.2 Å². The molecule has 0 radical (unpaired) electrons. The second-order valence-corrected chi connectivity index (χ2v) is 7.13. The van der Waals surface area contributed by atoms with Crippen molar-refractivity contribution >= 4 is 33.8 Å². The number of hydrazone groups is 1. The Hall–Kier alpha value is -3.32. The summed E-state index contributed by atoms with van der Waals surface area (Å²) in [5.74, 6) is 1.43. The van der Waals surface area contributed by atoms with Crippen LogP contribution in [0.15, 0.2) is 59.7 Å². The van der Waals surface area contributed by atoms with E-state index >= 15 is 0 Å². The summed E-state index contributed by atoms with van der Waals surface area (Å²) in [6, 6.07) is 16.9. The Balaban J connectivity index is 1.79. The number of thiocarbonyl (C=S) groups is 1. The van der Waals surface area contributed by atoms with Gasteiger partial charge in [-0.1, -0.05) is 42.5 Å². The van der Waals surface area contributed by atoms with Crippen LogP contribution in [0.3, 0.4) is 0 Å². The maximum Gasteiger partial charge on any atom is 0.187 e. The molecule has 3 aromatic carbocycles. The highest BCUT2D eigenvalue weighted by Crippen LogP contribution is 2.42. The Kier molecular flexibility index (Phi) is 4.98. The summed E-state index contributed by atoms with van der Waals surface area (Å²) in [5, 5.41) is 19.0. The summed E-state index contributed by atoms with van der Waals surface area (Å²) < 4.78 is 11.0. The van der Waals surface area contributed by atoms with E-state index < -0.39 is 0 Å². The number of ether oxygens (including phenoxy) is 2. The number of fused-ring (bicyclic) bond motifs is 1. The van der Waals surface area contributed by atoms with Crippen LogP contribution in [-0.2, 0) is 0 Å². The predicted molar refractivity (Wildman–Crippen MR) is 118 cm³/mol. The summed E-state index contributed by atoms with van der Waals surface area (Å²) in [6.45, 7) is 0. The maximum atomic E-state index is 10.9. The number of methoxy groups -OCH3 is 2. The minimum Gasteiger partial charge on any atom is -0.507 e. The molecule has 0 saturated carbocycles. The minimum absolute atomic E-state index is 0.148. The van der Waals surface area contributed by atoms with E-state index in [-0.39, 0.29) is 16.9 Å². The molecule has 1 unspecified atom stereocenters. The third-order valence-corrected chi connectivity index (χ3v) is 5.33. The molecule has 0 saturated heterocycles. The second-order valence-electron chi connectivity index (χ2n) is 6.72. The van der Waals surface area contributed by atoms with Crippen LogP contribution in [0.25, 0.3) is 10.8 Å². The third-order valence-electron chi connectivity index (χ3n) is 5.14. The first-order valence-electron chi connectivity index (χ1n) is 9.13. The fourth-order valence-electron chi connectivity index (χ4n) is 3.78. The zero-order valence-electron chi connectivity index (χ0n) is 16.1. The van der Waals surface area contributed by atoms with Crippen molar-refractivity contribution in [2.75, 3.05) is 14.2 Å². The third kappa shape index (κ3) is 3.23. The normalized spacial score (nSPS) is 16.0. The van der Waals surface area contributed by atoms with Crippen molar-refractivity contribution in [1.82, 2.24) is 5.01 Å². The van der Waals surface area contributed by atoms with Gasteiger partial charge in [0.1, 0.15) is 5.75 Å². The van der Waals surface area contributed by atoms with Gasteiger partial charge in [0.2, 0.25) is 0 Å². The molecule has 1 aliphatic rings. The molecule has 0 fully saturated rings. The van der Waals surface area contributed by atoms with Gasteiger partial charge in [-0.05, 0) is 29.7 Å². The van der Waals surface area contributed by atoms with Crippen molar-refractivity contribution in [3.05, 3.63) is 65.7 Å². The lowest BCUT2D eigenvalue weighted by Crippen LogP contribution is -2.31. The molecule has 4 rings (SSSR count). The van der Waals surface area contributed by atoms with Crippen LogP contribution in [0.2, 0.25) is 0 Å². The van der Waals surface area contributed by atoms with E-state index in [4.69, 9.17) is 27.4 Å². The van der Waals surface area contributed by atoms with Crippen LogP contribution < -0.4 is 15.2 Å². The van der Waals surface area contributed by atoms with Crippen molar-refractivity contribution in [2.45, 2.75) is 12.5 Å². The van der Waals surface area contributed by atoms with E-state index in [1.54, 1.807) is 19.2 Å². The van der Waals surface area contributed by atoms with Crippen molar-refractivity contribution in [3.8, 4) is 17.2 Å². The van der Waals surface area contributed by atoms with Gasteiger partial charge < -0.3 is 20.3 Å². The van der Waals surface area contributed by atoms with Crippen molar-refractivity contribution in [2.24, 2.45) is 10.8 Å². The Morgan fingerprint density at radius 2 is 1.90 bits per heavy atom. The fourth-order valence-corrected chi connectivity index (χ4v) is 3.95. The highest BCUT2D eigenvalue weighted by Gasteiger charge is 2.34. The molecule has 0 bridgehead atoms. The molecule has 6 nitrogen and oxygen atoms in total. The molecular weight excluding hydrogens is 386 g/mol. The summed E-state index contributed by atoms with van der Waals surface area (Å²) in [7, 11) is 3.19. The monoisotopic (exact) mass is 407 g/mol. The first-order valence-corrected chi connectivity index (χ1v) is 9.54. The predicted octanol–water partition coefficient (Wildman–Crippen LogP) is 3.96. The highest BCUT2D eigenvalue weighted by atomic mass is 32.1. The molecule has 0 aromatic heterocycles. The van der Waals surface area contributed by atoms with Gasteiger partial charge in [0.15, 0.2) is 16.6 Å². The van der Waals surface area contributed by atoms with Gasteiger partial charge in [0.25, 0.3) is 0 Å². The number of nitrogens with zero attached hydrogens (tertiary/aromatic N) is 2. The van der Waals surface area contributed by atoms with Gasteiger partial charge in [0.05, 0.1) is 26.0 Å². The summed E-state index contributed by atoms with van der Waals surface area (Å²) >= 11 is 5.25. The summed E-state index contributed by atoms with van der Waals surface area (Å²) in [6.07, 6.45) is 0.507. The number of benzene rings is 3. The Bertz CT molecular complexity index is 1130. The van der Waals surface area contributed by atoms with Gasteiger partial charge in [-0.15, -0.1) is 0 Å². The lowest BCUT2D eigenvalue weighted by Gasteiger charge is -2.24. The van der Waals surface area contributed by atoms with Crippen LogP contribution in [0, 0.1) is 0 Å². The second kappa shape index (κ2) is 7.60. The van der Waals surface area contributed by atoms with E-state index in [1.807, 2.05) is 54.6 Å². The average Bonchev–Trinajstić information content (AvgIpc) is 3.19. The Morgan fingerprint density at radius 3 is 2.62 bits per heavy atom. The summed E-state index contributed by atoms with van der Waals surface area (Å²) in [4.78, 5) is 0. The molecule has 0 amide bonds. The van der Waals surface area contributed by atoms with E-state index in [0.29, 0.717) is 29.2 Å². The largest absolute Gasteiger partial charge is 0.507 e. The molecule has 1 aliphatic heterocycles. The first-order chi connectivity index (χ1) is 14.0. The van der Waals surface area contributed by atoms with Crippen LogP contribution in [0.1, 0.15) is 23.6 Å². The van der Waals surface area contributed by atoms with Crippen LogP contribution in [0.5, 0.6) is 17.2 Å². The number of nitrogens with two attached hydrogens (primary N) is 1. The SMILES string of the molecule is COc1cccc(C2CC(c3ccc4ccccc4c3O)=NN2C(N)=S)c1OC. The van der Waals surface area contributed by atoms with Crippen molar-refractivity contribution in [3.63, 3.8) is 0 Å². The molecule has 0 aliphatic carbocycles. The van der Waals surface area contributed by atoms with Crippen molar-refractivity contribution in [1.29, 1.82) is 0 Å². The van der Waals surface area contributed by atoms with Gasteiger partial charge in [-0.25, -0.2) is 5.01 Å². The maximum absolute atomic E-state index is 10.9. The van der Waals surface area contributed by atoms with Gasteiger partial charge >= 0.3 is 0 Å². The van der Waals surface area contributed by atoms with E-state index in [1.165, 1.54) is 0 Å². The standard InChI is InChI=1S/C22H21N3O3S/c1-27-19-9-5-8-16(21(19)28-2)18-12-17(24-25(18)22(23)29)15-11-10-13-6-3-4-7-14(13)20(15)26/h3-11,18,26H,12H2,1-2H3,(H2,23,29). The minimum atomic E-state index is -0.265. The average molecular weight is 407 g/mol. The number of hydrogen-bond donors (Lipinski definition) is 2. The zero-order chi connectivity index (χ0) is 20.5.